The molecule has 0 nitrogen and oxygen atoms in total. The molecular weight excluding hydrogens is 406 g/mol. The van der Waals surface area contributed by atoms with Crippen LogP contribution in [0.3, 0.4) is 0 Å². The van der Waals surface area contributed by atoms with Gasteiger partial charge in [0.15, 0.2) is 0 Å². The molecule has 0 radical (unpaired) electrons. The van der Waals surface area contributed by atoms with E-state index in [9.17, 15) is 0 Å². The molecule has 0 atom stereocenters. The first-order valence-electron chi connectivity index (χ1n) is 6.12. The summed E-state index contributed by atoms with van der Waals surface area (Å²) in [7, 11) is 0. The van der Waals surface area contributed by atoms with Crippen LogP contribution in [0.15, 0.2) is 66.3 Å². The summed E-state index contributed by atoms with van der Waals surface area (Å²) in [5.41, 5.74) is 1.27. The summed E-state index contributed by atoms with van der Waals surface area (Å²) in [4.78, 5) is 0. The number of allylic oxidation sites excluding steroid dienone is 8. The Morgan fingerprint density at radius 1 is 1.00 bits per heavy atom. The van der Waals surface area contributed by atoms with Gasteiger partial charge in [-0.3, -0.25) is 12.2 Å². The third-order valence-corrected chi connectivity index (χ3v) is 2.06. The molecule has 2 aliphatic rings. The molecule has 0 fully saturated rings. The van der Waals surface area contributed by atoms with Gasteiger partial charge in [-0.2, -0.15) is 48.6 Å². The normalized spacial score (nSPS) is 11.4. The van der Waals surface area contributed by atoms with Crippen LogP contribution < -0.4 is 0 Å². The number of hydrogen-bond donors (Lipinski definition) is 0. The van der Waals surface area contributed by atoms with Gasteiger partial charge in [0.1, 0.15) is 0 Å². The van der Waals surface area contributed by atoms with E-state index in [-0.39, 0.29) is 32.2 Å². The van der Waals surface area contributed by atoms with Crippen molar-refractivity contribution in [2.24, 2.45) is 0 Å². The maximum atomic E-state index is 3.12. The predicted octanol–water partition coefficient (Wildman–Crippen LogP) is 4.86. The Morgan fingerprint density at radius 2 is 1.64 bits per heavy atom. The van der Waals surface area contributed by atoms with Crippen molar-refractivity contribution in [3.8, 4) is 0 Å². The molecule has 3 rings (SSSR count). The van der Waals surface area contributed by atoms with E-state index < -0.39 is 0 Å². The Balaban J connectivity index is -0.0000000985. The summed E-state index contributed by atoms with van der Waals surface area (Å²) >= 11 is 1.58. The van der Waals surface area contributed by atoms with Crippen LogP contribution in [0, 0.1) is 25.6 Å². The Morgan fingerprint density at radius 3 is 1.77 bits per heavy atom. The minimum absolute atomic E-state index is 0. The molecular formula is C18H24Cl2SiZr-4. The van der Waals surface area contributed by atoms with Gasteiger partial charge in [0.05, 0.1) is 0 Å². The summed E-state index contributed by atoms with van der Waals surface area (Å²) in [5.74, 6) is 0. The van der Waals surface area contributed by atoms with E-state index in [1.54, 1.807) is 23.3 Å². The van der Waals surface area contributed by atoms with Crippen LogP contribution >= 0.6 is 24.8 Å². The Labute approximate surface area is 165 Å². The topological polar surface area (TPSA) is 0 Å². The Kier molecular flexibility index (Phi) is 35.0. The molecule has 4 heteroatoms. The zero-order valence-electron chi connectivity index (χ0n) is 13.2. The number of halogens is 2. The average molecular weight is 431 g/mol. The summed E-state index contributed by atoms with van der Waals surface area (Å²) in [6, 6.07) is 12.5. The largest absolute Gasteiger partial charge is 0.184 e. The first-order chi connectivity index (χ1) is 9.39. The Bertz CT molecular complexity index is 387. The SMILES string of the molecule is CC1=[C-]CC=C1.Cl.Cl.[C-]1=CC=CC1.[CH3-].[SiH2]=[Zr].[c-]1ccccc1. The van der Waals surface area contributed by atoms with Crippen LogP contribution in [0.2, 0.25) is 0 Å². The van der Waals surface area contributed by atoms with Gasteiger partial charge in [0.25, 0.3) is 0 Å². The van der Waals surface area contributed by atoms with Gasteiger partial charge >= 0.3 is 30.2 Å². The molecule has 0 saturated carbocycles. The van der Waals surface area contributed by atoms with Gasteiger partial charge in [-0.25, -0.2) is 23.8 Å². The number of hydrogen-bond acceptors (Lipinski definition) is 0. The van der Waals surface area contributed by atoms with Crippen LogP contribution in [-0.2, 0) is 23.3 Å². The Hall–Kier alpha value is -0.140. The summed E-state index contributed by atoms with van der Waals surface area (Å²) in [5, 5.41) is 0. The van der Waals surface area contributed by atoms with E-state index in [0.29, 0.717) is 0 Å². The second-order valence-corrected chi connectivity index (χ2v) is 3.55. The maximum absolute atomic E-state index is 3.12. The average Bonchev–Trinajstić information content (AvgIpc) is 3.19. The minimum Gasteiger partial charge on any atom is -0.184 e. The van der Waals surface area contributed by atoms with Gasteiger partial charge in [-0.15, -0.1) is 37.7 Å². The van der Waals surface area contributed by atoms with Gasteiger partial charge in [-0.1, -0.05) is 6.92 Å². The van der Waals surface area contributed by atoms with Crippen LogP contribution in [0.1, 0.15) is 19.8 Å². The van der Waals surface area contributed by atoms with Gasteiger partial charge < -0.3 is 7.43 Å². The van der Waals surface area contributed by atoms with Crippen LogP contribution in [0.25, 0.3) is 0 Å². The van der Waals surface area contributed by atoms with E-state index in [1.165, 1.54) is 5.57 Å². The first kappa shape index (κ1) is 29.8. The molecule has 0 aliphatic heterocycles. The van der Waals surface area contributed by atoms with Crippen LogP contribution in [0.5, 0.6) is 0 Å². The van der Waals surface area contributed by atoms with Crippen molar-refractivity contribution in [3.05, 3.63) is 91.9 Å². The standard InChI is InChI=1S/C6H7.C6H5.C5H5.CH3.2ClH.H2Si.Zr/c1-6-4-2-3-5-6;1-2-4-6-5-3-1;1-2-4-5-3-1;;;;;/h2,4H,3H2,1H3;1-5H;1-3H,4H2;1H3;2*1H;1H2;/q4*-1;;;;. The second kappa shape index (κ2) is 25.8. The second-order valence-electron chi connectivity index (χ2n) is 3.55. The van der Waals surface area contributed by atoms with Crippen molar-refractivity contribution in [3.63, 3.8) is 0 Å². The first-order valence-corrected chi connectivity index (χ1v) is 12.0. The van der Waals surface area contributed by atoms with Crippen molar-refractivity contribution < 1.29 is 23.3 Å². The van der Waals surface area contributed by atoms with E-state index in [4.69, 9.17) is 0 Å². The molecule has 2 aliphatic carbocycles. The molecule has 0 amide bonds. The number of benzene rings is 1. The molecule has 122 valence electrons. The van der Waals surface area contributed by atoms with E-state index in [1.807, 2.05) is 49.4 Å². The summed E-state index contributed by atoms with van der Waals surface area (Å²) < 4.78 is 0. The summed E-state index contributed by atoms with van der Waals surface area (Å²) in [6.45, 7) is 4.01. The molecule has 0 saturated heterocycles. The molecule has 0 spiro atoms. The fourth-order valence-electron chi connectivity index (χ4n) is 1.20. The molecule has 0 bridgehead atoms. The van der Waals surface area contributed by atoms with Gasteiger partial charge in [-0.05, 0) is 0 Å². The third-order valence-electron chi connectivity index (χ3n) is 2.06. The molecule has 0 aromatic heterocycles. The smallest absolute Gasteiger partial charge is 0.171 e. The quantitative estimate of drug-likeness (QED) is 0.407. The van der Waals surface area contributed by atoms with Gasteiger partial charge in [0, 0.05) is 0 Å². The van der Waals surface area contributed by atoms with E-state index >= 15 is 0 Å². The van der Waals surface area contributed by atoms with E-state index in [0.717, 1.165) is 12.8 Å². The van der Waals surface area contributed by atoms with Crippen LogP contribution in [-0.4, -0.2) is 6.88 Å². The molecule has 1 aromatic carbocycles. The van der Waals surface area contributed by atoms with E-state index in [2.05, 4.69) is 43.4 Å². The third kappa shape index (κ3) is 22.1. The zero-order chi connectivity index (χ0) is 14.2. The van der Waals surface area contributed by atoms with Crippen molar-refractivity contribution in [2.75, 3.05) is 0 Å². The molecule has 22 heavy (non-hydrogen) atoms. The van der Waals surface area contributed by atoms with Crippen molar-refractivity contribution in [2.45, 2.75) is 19.8 Å². The van der Waals surface area contributed by atoms with Crippen molar-refractivity contribution in [1.29, 1.82) is 0 Å². The van der Waals surface area contributed by atoms with Gasteiger partial charge in [0.2, 0.25) is 0 Å². The zero-order valence-corrected chi connectivity index (χ0v) is 18.7. The maximum Gasteiger partial charge on any atom is -0.171 e. The molecule has 0 unspecified atom stereocenters. The summed E-state index contributed by atoms with van der Waals surface area (Å²) in [6.07, 6.45) is 18.3. The number of rotatable bonds is 0. The fourth-order valence-corrected chi connectivity index (χ4v) is 1.20. The monoisotopic (exact) mass is 428 g/mol. The van der Waals surface area contributed by atoms with Crippen LogP contribution in [0.4, 0.5) is 0 Å². The molecule has 0 heterocycles. The van der Waals surface area contributed by atoms with Crippen molar-refractivity contribution >= 4 is 31.7 Å². The van der Waals surface area contributed by atoms with Crippen molar-refractivity contribution in [1.82, 2.24) is 0 Å². The molecule has 0 N–H and O–H groups in total. The molecule has 1 aromatic rings. The predicted molar refractivity (Wildman–Crippen MR) is 102 cm³/mol. The fraction of sp³-hybridized carbons (Fsp3) is 0.167. The minimum atomic E-state index is 0.